The number of nitrogens with zero attached hydrogens (tertiary/aromatic N) is 4. The quantitative estimate of drug-likeness (QED) is 0.492. The molecule has 10 heteroatoms. The number of aromatic nitrogens is 2. The number of hydrazone groups is 1. The first kappa shape index (κ1) is 18.1. The maximum atomic E-state index is 12.8. The largest absolute Gasteiger partial charge is 0.282 e. The molecule has 1 heterocycles. The van der Waals surface area contributed by atoms with Crippen LogP contribution >= 0.6 is 0 Å². The number of hydrogen-bond donors (Lipinski definition) is 1. The van der Waals surface area contributed by atoms with Gasteiger partial charge in [0.05, 0.1) is 17.8 Å². The Morgan fingerprint density at radius 3 is 2.52 bits per heavy atom. The van der Waals surface area contributed by atoms with Gasteiger partial charge in [-0.3, -0.25) is 9.48 Å². The third kappa shape index (κ3) is 4.87. The molecule has 0 saturated heterocycles. The molecule has 0 unspecified atom stereocenters. The number of hydrogen-bond acceptors (Lipinski definition) is 4. The molecular formula is C15H11F4N5O. The lowest BCUT2D eigenvalue weighted by Crippen LogP contribution is -2.25. The monoisotopic (exact) mass is 353 g/mol. The Morgan fingerprint density at radius 1 is 1.28 bits per heavy atom. The predicted molar refractivity (Wildman–Crippen MR) is 79.0 cm³/mol. The van der Waals surface area contributed by atoms with Crippen LogP contribution in [0.15, 0.2) is 35.4 Å². The van der Waals surface area contributed by atoms with Gasteiger partial charge in [0, 0.05) is 0 Å². The Balaban J connectivity index is 2.00. The van der Waals surface area contributed by atoms with Crippen molar-refractivity contribution in [2.45, 2.75) is 19.4 Å². The van der Waals surface area contributed by atoms with Crippen molar-refractivity contribution in [3.63, 3.8) is 0 Å². The Morgan fingerprint density at radius 2 is 1.96 bits per heavy atom. The maximum Gasteiger partial charge on any atom is 0.282 e. The van der Waals surface area contributed by atoms with Crippen molar-refractivity contribution >= 4 is 12.1 Å². The lowest BCUT2D eigenvalue weighted by atomic mass is 10.2. The molecule has 2 aromatic rings. The van der Waals surface area contributed by atoms with Crippen LogP contribution in [0.1, 0.15) is 35.4 Å². The highest BCUT2D eigenvalue weighted by Crippen LogP contribution is 2.24. The molecule has 0 aliphatic heterocycles. The molecule has 1 amide bonds. The summed E-state index contributed by atoms with van der Waals surface area (Å²) in [5.41, 5.74) is 1.52. The average Bonchev–Trinajstić information content (AvgIpc) is 3.00. The first-order valence-electron chi connectivity index (χ1n) is 6.86. The maximum absolute atomic E-state index is 12.8. The summed E-state index contributed by atoms with van der Waals surface area (Å²) in [5, 5.41) is 15.6. The van der Waals surface area contributed by atoms with E-state index in [9.17, 15) is 22.4 Å². The molecule has 1 aromatic carbocycles. The van der Waals surface area contributed by atoms with E-state index in [4.69, 9.17) is 5.26 Å². The van der Waals surface area contributed by atoms with Crippen LogP contribution in [0.3, 0.4) is 0 Å². The molecule has 0 aliphatic carbocycles. The number of carbonyl (C=O) groups is 1. The van der Waals surface area contributed by atoms with E-state index < -0.39 is 36.7 Å². The Labute approximate surface area is 139 Å². The van der Waals surface area contributed by atoms with Crippen LogP contribution < -0.4 is 5.43 Å². The zero-order valence-electron chi connectivity index (χ0n) is 12.5. The molecule has 0 aliphatic rings. The highest BCUT2D eigenvalue weighted by molar-refractivity contribution is 5.82. The molecule has 0 bridgehead atoms. The molecule has 0 fully saturated rings. The third-order valence-electron chi connectivity index (χ3n) is 3.01. The summed E-state index contributed by atoms with van der Waals surface area (Å²) in [4.78, 5) is 11.7. The Hall–Kier alpha value is -3.22. The lowest BCUT2D eigenvalue weighted by molar-refractivity contribution is -0.121. The van der Waals surface area contributed by atoms with Gasteiger partial charge in [0.1, 0.15) is 17.9 Å². The molecule has 1 aromatic heterocycles. The van der Waals surface area contributed by atoms with Crippen LogP contribution in [0.5, 0.6) is 0 Å². The van der Waals surface area contributed by atoms with Crippen molar-refractivity contribution < 1.29 is 22.4 Å². The molecule has 2 rings (SSSR count). The van der Waals surface area contributed by atoms with Crippen molar-refractivity contribution in [3.05, 3.63) is 52.8 Å². The van der Waals surface area contributed by atoms with Gasteiger partial charge in [0.15, 0.2) is 0 Å². The van der Waals surface area contributed by atoms with E-state index in [2.05, 4.69) is 15.6 Å². The summed E-state index contributed by atoms with van der Waals surface area (Å²) in [7, 11) is 0. The van der Waals surface area contributed by atoms with E-state index in [1.54, 1.807) is 24.3 Å². The van der Waals surface area contributed by atoms with Gasteiger partial charge in [0.2, 0.25) is 0 Å². The number of rotatable bonds is 6. The minimum Gasteiger partial charge on any atom is -0.271 e. The van der Waals surface area contributed by atoms with Gasteiger partial charge in [-0.05, 0) is 23.8 Å². The van der Waals surface area contributed by atoms with E-state index in [0.717, 1.165) is 0 Å². The molecule has 25 heavy (non-hydrogen) atoms. The van der Waals surface area contributed by atoms with Gasteiger partial charge in [-0.25, -0.2) is 23.0 Å². The average molecular weight is 353 g/mol. The van der Waals surface area contributed by atoms with Crippen molar-refractivity contribution in [3.8, 4) is 6.07 Å². The number of amides is 1. The van der Waals surface area contributed by atoms with Gasteiger partial charge in [-0.15, -0.1) is 0 Å². The highest BCUT2D eigenvalue weighted by atomic mass is 19.3. The topological polar surface area (TPSA) is 83.1 Å². The summed E-state index contributed by atoms with van der Waals surface area (Å²) in [6, 6.07) is 8.78. The van der Waals surface area contributed by atoms with Crippen LogP contribution in [-0.2, 0) is 11.3 Å². The van der Waals surface area contributed by atoms with E-state index in [0.29, 0.717) is 21.9 Å². The number of alkyl halides is 4. The molecule has 0 saturated carbocycles. The van der Waals surface area contributed by atoms with Crippen molar-refractivity contribution in [1.29, 1.82) is 5.26 Å². The molecule has 6 nitrogen and oxygen atoms in total. The molecule has 0 spiro atoms. The summed E-state index contributed by atoms with van der Waals surface area (Å²) in [6.07, 6.45) is -4.79. The van der Waals surface area contributed by atoms with E-state index in [1.807, 2.05) is 6.07 Å². The van der Waals surface area contributed by atoms with Crippen molar-refractivity contribution in [2.75, 3.05) is 0 Å². The smallest absolute Gasteiger partial charge is 0.271 e. The zero-order chi connectivity index (χ0) is 18.4. The van der Waals surface area contributed by atoms with E-state index in [1.165, 1.54) is 6.21 Å². The van der Waals surface area contributed by atoms with Gasteiger partial charge in [0.25, 0.3) is 18.8 Å². The van der Waals surface area contributed by atoms with Crippen LogP contribution in [0.4, 0.5) is 17.6 Å². The number of halogens is 4. The SMILES string of the molecule is N#Cc1ccc(/C=N\NC(=O)Cn2nc(C(F)F)cc2C(F)F)cc1. The first-order chi connectivity index (χ1) is 11.9. The van der Waals surface area contributed by atoms with Gasteiger partial charge < -0.3 is 0 Å². The lowest BCUT2D eigenvalue weighted by Gasteiger charge is -2.05. The number of carbonyl (C=O) groups excluding carboxylic acids is 1. The van der Waals surface area contributed by atoms with Gasteiger partial charge in [-0.1, -0.05) is 12.1 Å². The number of benzene rings is 1. The molecule has 1 N–H and O–H groups in total. The second-order valence-electron chi connectivity index (χ2n) is 4.78. The van der Waals surface area contributed by atoms with Gasteiger partial charge >= 0.3 is 0 Å². The predicted octanol–water partition coefficient (Wildman–Crippen LogP) is 2.78. The summed E-state index contributed by atoms with van der Waals surface area (Å²) >= 11 is 0. The Kier molecular flexibility index (Phi) is 5.84. The molecule has 0 atom stereocenters. The minimum atomic E-state index is -3.05. The van der Waals surface area contributed by atoms with Crippen LogP contribution in [0, 0.1) is 11.3 Å². The summed E-state index contributed by atoms with van der Waals surface area (Å²) < 4.78 is 51.2. The number of nitrogens with one attached hydrogen (secondary N) is 1. The van der Waals surface area contributed by atoms with Crippen LogP contribution in [0.2, 0.25) is 0 Å². The second kappa shape index (κ2) is 8.05. The van der Waals surface area contributed by atoms with E-state index >= 15 is 0 Å². The Bertz CT molecular complexity index is 808. The molecular weight excluding hydrogens is 342 g/mol. The van der Waals surface area contributed by atoms with Crippen LogP contribution in [0.25, 0.3) is 0 Å². The second-order valence-corrected chi connectivity index (χ2v) is 4.78. The highest BCUT2D eigenvalue weighted by Gasteiger charge is 2.22. The molecule has 0 radical (unpaired) electrons. The fourth-order valence-electron chi connectivity index (χ4n) is 1.85. The standard InChI is InChI=1S/C15H11F4N5O/c16-14(17)11-5-12(15(18)19)24(23-11)8-13(25)22-21-7-10-3-1-9(6-20)2-4-10/h1-5,7,14-15H,8H2,(H,22,25)/b21-7-. The third-order valence-corrected chi connectivity index (χ3v) is 3.01. The van der Waals surface area contributed by atoms with Gasteiger partial charge in [-0.2, -0.15) is 15.5 Å². The summed E-state index contributed by atoms with van der Waals surface area (Å²) in [5.74, 6) is -0.810. The number of nitriles is 1. The van der Waals surface area contributed by atoms with Crippen LogP contribution in [-0.4, -0.2) is 21.9 Å². The van der Waals surface area contributed by atoms with Crippen molar-refractivity contribution in [2.24, 2.45) is 5.10 Å². The fraction of sp³-hybridized carbons (Fsp3) is 0.200. The molecule has 130 valence electrons. The minimum absolute atomic E-state index is 0.453. The zero-order valence-corrected chi connectivity index (χ0v) is 12.5. The fourth-order valence-corrected chi connectivity index (χ4v) is 1.85. The first-order valence-corrected chi connectivity index (χ1v) is 6.86. The normalized spacial score (nSPS) is 11.2. The van der Waals surface area contributed by atoms with Crippen molar-refractivity contribution in [1.82, 2.24) is 15.2 Å². The van der Waals surface area contributed by atoms with E-state index in [-0.39, 0.29) is 0 Å². The summed E-state index contributed by atoms with van der Waals surface area (Å²) in [6.45, 7) is -0.683.